The molecule has 0 radical (unpaired) electrons. The fraction of sp³-hybridized carbons (Fsp3) is 0.706. The monoisotopic (exact) mass is 321 g/mol. The van der Waals surface area contributed by atoms with Crippen LogP contribution in [0.25, 0.3) is 0 Å². The van der Waals surface area contributed by atoms with E-state index in [0.29, 0.717) is 6.04 Å². The lowest BCUT2D eigenvalue weighted by atomic mass is 10.0. The van der Waals surface area contributed by atoms with E-state index < -0.39 is 0 Å². The minimum atomic E-state index is 0.219. The third kappa shape index (κ3) is 3.70. The van der Waals surface area contributed by atoms with Crippen LogP contribution >= 0.6 is 11.3 Å². The number of thiophene rings is 1. The van der Waals surface area contributed by atoms with Gasteiger partial charge in [-0.1, -0.05) is 13.0 Å². The highest BCUT2D eigenvalue weighted by Gasteiger charge is 2.35. The van der Waals surface area contributed by atoms with Gasteiger partial charge in [-0.15, -0.1) is 11.3 Å². The molecule has 0 aromatic carbocycles. The molecule has 22 heavy (non-hydrogen) atoms. The molecule has 0 bridgehead atoms. The minimum Gasteiger partial charge on any atom is -0.340 e. The molecule has 122 valence electrons. The molecule has 2 atom stereocenters. The maximum atomic E-state index is 11.4. The molecule has 1 aromatic rings. The van der Waals surface area contributed by atoms with Crippen molar-refractivity contribution in [2.24, 2.45) is 5.92 Å². The first kappa shape index (κ1) is 16.0. The van der Waals surface area contributed by atoms with Gasteiger partial charge in [-0.2, -0.15) is 0 Å². The van der Waals surface area contributed by atoms with Crippen LogP contribution in [0.1, 0.15) is 18.7 Å². The second-order valence-corrected chi connectivity index (χ2v) is 7.71. The van der Waals surface area contributed by atoms with Crippen molar-refractivity contribution < 1.29 is 4.79 Å². The Morgan fingerprint density at radius 2 is 2.05 bits per heavy atom. The molecule has 3 heterocycles. The smallest absolute Gasteiger partial charge is 0.219 e. The first-order chi connectivity index (χ1) is 10.6. The summed E-state index contributed by atoms with van der Waals surface area (Å²) < 4.78 is 0. The summed E-state index contributed by atoms with van der Waals surface area (Å²) >= 11 is 1.86. The molecule has 2 aliphatic rings. The summed E-state index contributed by atoms with van der Waals surface area (Å²) in [5.74, 6) is 0.948. The highest BCUT2D eigenvalue weighted by molar-refractivity contribution is 7.09. The van der Waals surface area contributed by atoms with E-state index in [4.69, 9.17) is 0 Å². The number of amides is 1. The van der Waals surface area contributed by atoms with Crippen LogP contribution < -0.4 is 0 Å². The van der Waals surface area contributed by atoms with Crippen molar-refractivity contribution in [3.63, 3.8) is 0 Å². The third-order valence-electron chi connectivity index (χ3n) is 5.13. The van der Waals surface area contributed by atoms with Crippen molar-refractivity contribution in [2.75, 3.05) is 45.8 Å². The van der Waals surface area contributed by atoms with Gasteiger partial charge in [0.05, 0.1) is 0 Å². The molecule has 0 saturated carbocycles. The molecule has 2 aliphatic heterocycles. The number of rotatable bonds is 4. The lowest BCUT2D eigenvalue weighted by Crippen LogP contribution is -2.53. The first-order valence-corrected chi connectivity index (χ1v) is 9.26. The van der Waals surface area contributed by atoms with E-state index in [1.807, 2.05) is 16.2 Å². The molecule has 1 aromatic heterocycles. The summed E-state index contributed by atoms with van der Waals surface area (Å²) in [5, 5.41) is 2.17. The summed E-state index contributed by atoms with van der Waals surface area (Å²) in [5.41, 5.74) is 0. The van der Waals surface area contributed by atoms with Crippen LogP contribution in [0.15, 0.2) is 17.5 Å². The summed E-state index contributed by atoms with van der Waals surface area (Å²) in [6.07, 6.45) is 1.18. The van der Waals surface area contributed by atoms with Crippen molar-refractivity contribution in [2.45, 2.75) is 26.3 Å². The van der Waals surface area contributed by atoms with Gasteiger partial charge >= 0.3 is 0 Å². The zero-order valence-corrected chi connectivity index (χ0v) is 14.5. The number of hydrogen-bond donors (Lipinski definition) is 0. The normalized spacial score (nSPS) is 27.5. The predicted molar refractivity (Wildman–Crippen MR) is 91.2 cm³/mol. The van der Waals surface area contributed by atoms with Crippen molar-refractivity contribution in [1.82, 2.24) is 14.7 Å². The maximum absolute atomic E-state index is 11.4. The minimum absolute atomic E-state index is 0.219. The molecule has 2 saturated heterocycles. The molecular weight excluding hydrogens is 294 g/mol. The number of hydrogen-bond acceptors (Lipinski definition) is 4. The zero-order chi connectivity index (χ0) is 15.5. The Hall–Kier alpha value is -0.910. The molecule has 0 spiro atoms. The van der Waals surface area contributed by atoms with Crippen LogP contribution in [-0.4, -0.2) is 72.5 Å². The quantitative estimate of drug-likeness (QED) is 0.846. The molecule has 1 amide bonds. The lowest BCUT2D eigenvalue weighted by molar-refractivity contribution is -0.130. The van der Waals surface area contributed by atoms with Crippen molar-refractivity contribution in [3.8, 4) is 0 Å². The number of piperazine rings is 1. The van der Waals surface area contributed by atoms with E-state index in [-0.39, 0.29) is 5.91 Å². The van der Waals surface area contributed by atoms with Gasteiger partial charge in [0.2, 0.25) is 5.91 Å². The molecule has 0 unspecified atom stereocenters. The standard InChI is InChI=1S/C17H27N3OS/c1-14-12-18(6-5-16-4-3-11-22-16)13-17(14)20-9-7-19(8-10-20)15(2)21/h3-4,11,14,17H,5-10,12-13H2,1-2H3/t14-,17-/m0/s1. The van der Waals surface area contributed by atoms with Crippen LogP contribution in [0.4, 0.5) is 0 Å². The largest absolute Gasteiger partial charge is 0.340 e. The molecule has 0 aliphatic carbocycles. The average molecular weight is 321 g/mol. The summed E-state index contributed by atoms with van der Waals surface area (Å²) in [6.45, 7) is 11.5. The van der Waals surface area contributed by atoms with Gasteiger partial charge in [-0.05, 0) is 23.8 Å². The molecular formula is C17H27N3OS. The molecule has 4 nitrogen and oxygen atoms in total. The van der Waals surface area contributed by atoms with Crippen LogP contribution in [0, 0.1) is 5.92 Å². The number of carbonyl (C=O) groups is 1. The van der Waals surface area contributed by atoms with Crippen molar-refractivity contribution in [1.29, 1.82) is 0 Å². The van der Waals surface area contributed by atoms with E-state index in [1.54, 1.807) is 6.92 Å². The van der Waals surface area contributed by atoms with E-state index in [1.165, 1.54) is 30.9 Å². The van der Waals surface area contributed by atoms with E-state index in [9.17, 15) is 4.79 Å². The zero-order valence-electron chi connectivity index (χ0n) is 13.7. The van der Waals surface area contributed by atoms with Gasteiger partial charge < -0.3 is 9.80 Å². The average Bonchev–Trinajstić information content (AvgIpc) is 3.14. The number of likely N-dealkylation sites (tertiary alicyclic amines) is 1. The second kappa shape index (κ2) is 7.11. The van der Waals surface area contributed by atoms with Crippen LogP contribution in [0.2, 0.25) is 0 Å². The van der Waals surface area contributed by atoms with E-state index >= 15 is 0 Å². The Balaban J connectivity index is 1.48. The van der Waals surface area contributed by atoms with Crippen LogP contribution in [-0.2, 0) is 11.2 Å². The van der Waals surface area contributed by atoms with Gasteiger partial charge in [0, 0.05) is 63.7 Å². The highest BCUT2D eigenvalue weighted by atomic mass is 32.1. The fourth-order valence-electron chi connectivity index (χ4n) is 3.80. The van der Waals surface area contributed by atoms with Crippen LogP contribution in [0.5, 0.6) is 0 Å². The Morgan fingerprint density at radius 3 is 2.68 bits per heavy atom. The molecule has 0 N–H and O–H groups in total. The Kier molecular flexibility index (Phi) is 5.16. The van der Waals surface area contributed by atoms with Gasteiger partial charge in [0.1, 0.15) is 0 Å². The molecule has 3 rings (SSSR count). The van der Waals surface area contributed by atoms with E-state index in [0.717, 1.165) is 32.1 Å². The Labute approximate surface area is 137 Å². The van der Waals surface area contributed by atoms with Gasteiger partial charge in [0.15, 0.2) is 0 Å². The highest BCUT2D eigenvalue weighted by Crippen LogP contribution is 2.23. The Bertz CT molecular complexity index is 482. The maximum Gasteiger partial charge on any atom is 0.219 e. The summed E-state index contributed by atoms with van der Waals surface area (Å²) in [6, 6.07) is 5.05. The SMILES string of the molecule is CC(=O)N1CCN([C@H]2CN(CCc3cccs3)C[C@@H]2C)CC1. The topological polar surface area (TPSA) is 26.8 Å². The van der Waals surface area contributed by atoms with Gasteiger partial charge in [-0.3, -0.25) is 9.69 Å². The second-order valence-electron chi connectivity index (χ2n) is 6.68. The predicted octanol–water partition coefficient (Wildman–Crippen LogP) is 1.77. The van der Waals surface area contributed by atoms with Gasteiger partial charge in [0.25, 0.3) is 0 Å². The lowest BCUT2D eigenvalue weighted by Gasteiger charge is -2.39. The van der Waals surface area contributed by atoms with Gasteiger partial charge in [-0.25, -0.2) is 0 Å². The molecule has 2 fully saturated rings. The van der Waals surface area contributed by atoms with E-state index in [2.05, 4.69) is 34.2 Å². The van der Waals surface area contributed by atoms with Crippen LogP contribution in [0.3, 0.4) is 0 Å². The number of nitrogens with zero attached hydrogens (tertiary/aromatic N) is 3. The Morgan fingerprint density at radius 1 is 1.27 bits per heavy atom. The first-order valence-electron chi connectivity index (χ1n) is 8.38. The summed E-state index contributed by atoms with van der Waals surface area (Å²) in [4.78, 5) is 20.1. The summed E-state index contributed by atoms with van der Waals surface area (Å²) in [7, 11) is 0. The third-order valence-corrected chi connectivity index (χ3v) is 6.07. The van der Waals surface area contributed by atoms with Crippen molar-refractivity contribution in [3.05, 3.63) is 22.4 Å². The number of carbonyl (C=O) groups excluding carboxylic acids is 1. The fourth-order valence-corrected chi connectivity index (χ4v) is 4.50. The molecule has 5 heteroatoms. The van der Waals surface area contributed by atoms with Crippen molar-refractivity contribution >= 4 is 17.2 Å².